The highest BCUT2D eigenvalue weighted by molar-refractivity contribution is 5.95. The first kappa shape index (κ1) is 13.0. The van der Waals surface area contributed by atoms with Crippen LogP contribution in [-0.2, 0) is 0 Å². The number of hydrogen-bond acceptors (Lipinski definition) is 3. The van der Waals surface area contributed by atoms with Gasteiger partial charge in [0.05, 0.1) is 11.7 Å². The van der Waals surface area contributed by atoms with Crippen LogP contribution in [0.4, 0.5) is 5.69 Å². The molecule has 2 aromatic rings. The van der Waals surface area contributed by atoms with Crippen molar-refractivity contribution in [1.29, 1.82) is 0 Å². The number of benzene rings is 2. The van der Waals surface area contributed by atoms with Crippen molar-refractivity contribution >= 4 is 11.6 Å². The van der Waals surface area contributed by atoms with E-state index in [1.54, 1.807) is 6.07 Å². The Morgan fingerprint density at radius 2 is 1.89 bits per heavy atom. The zero-order chi connectivity index (χ0) is 13.8. The van der Waals surface area contributed by atoms with E-state index in [0.29, 0.717) is 5.56 Å². The van der Waals surface area contributed by atoms with Crippen LogP contribution < -0.4 is 11.1 Å². The summed E-state index contributed by atoms with van der Waals surface area (Å²) in [6.45, 7) is 1.91. The number of phenolic OH excluding ortho intramolecular Hbond substituents is 1. The van der Waals surface area contributed by atoms with Crippen molar-refractivity contribution in [3.63, 3.8) is 0 Å². The molecule has 0 radical (unpaired) electrons. The predicted octanol–water partition coefficient (Wildman–Crippen LogP) is 2.47. The molecule has 0 aliphatic heterocycles. The quantitative estimate of drug-likeness (QED) is 0.583. The summed E-state index contributed by atoms with van der Waals surface area (Å²) in [5, 5.41) is 12.4. The number of amides is 1. The fraction of sp³-hybridized carbons (Fsp3) is 0.133. The van der Waals surface area contributed by atoms with Crippen LogP contribution in [0.5, 0.6) is 5.75 Å². The smallest absolute Gasteiger partial charge is 0.251 e. The van der Waals surface area contributed by atoms with Crippen molar-refractivity contribution < 1.29 is 9.90 Å². The molecule has 1 amide bonds. The van der Waals surface area contributed by atoms with Crippen molar-refractivity contribution in [3.05, 3.63) is 59.7 Å². The number of nitrogen functional groups attached to an aromatic ring is 1. The topological polar surface area (TPSA) is 75.4 Å². The summed E-state index contributed by atoms with van der Waals surface area (Å²) in [7, 11) is 0. The fourth-order valence-electron chi connectivity index (χ4n) is 1.79. The zero-order valence-corrected chi connectivity index (χ0v) is 10.6. The van der Waals surface area contributed by atoms with Gasteiger partial charge in [0.15, 0.2) is 0 Å². The van der Waals surface area contributed by atoms with Crippen LogP contribution in [-0.4, -0.2) is 11.0 Å². The van der Waals surface area contributed by atoms with Gasteiger partial charge in [-0.05, 0) is 30.7 Å². The van der Waals surface area contributed by atoms with E-state index in [-0.39, 0.29) is 23.4 Å². The number of nitrogens with two attached hydrogens (primary N) is 1. The minimum absolute atomic E-state index is 0.0833. The predicted molar refractivity (Wildman–Crippen MR) is 74.8 cm³/mol. The number of nitrogens with one attached hydrogen (secondary N) is 1. The van der Waals surface area contributed by atoms with Crippen molar-refractivity contribution in [2.75, 3.05) is 5.73 Å². The summed E-state index contributed by atoms with van der Waals surface area (Å²) in [4.78, 5) is 12.0. The maximum absolute atomic E-state index is 12.0. The van der Waals surface area contributed by atoms with E-state index >= 15 is 0 Å². The summed E-state index contributed by atoms with van der Waals surface area (Å²) >= 11 is 0. The highest BCUT2D eigenvalue weighted by atomic mass is 16.3. The summed E-state index contributed by atoms with van der Waals surface area (Å²) in [6, 6.07) is 14.0. The third-order valence-electron chi connectivity index (χ3n) is 2.94. The minimum atomic E-state index is -0.244. The lowest BCUT2D eigenvalue weighted by atomic mass is 10.1. The van der Waals surface area contributed by atoms with Crippen molar-refractivity contribution in [2.45, 2.75) is 13.0 Å². The Balaban J connectivity index is 2.11. The average molecular weight is 256 g/mol. The van der Waals surface area contributed by atoms with Crippen LogP contribution in [0, 0.1) is 0 Å². The average Bonchev–Trinajstić information content (AvgIpc) is 2.42. The Morgan fingerprint density at radius 1 is 1.21 bits per heavy atom. The number of anilines is 1. The number of phenols is 1. The molecule has 0 heterocycles. The molecule has 0 saturated heterocycles. The molecule has 0 fully saturated rings. The molecule has 4 nitrogen and oxygen atoms in total. The van der Waals surface area contributed by atoms with Gasteiger partial charge in [-0.3, -0.25) is 4.79 Å². The second kappa shape index (κ2) is 5.44. The molecular formula is C15H16N2O2. The molecule has 2 rings (SSSR count). The summed E-state index contributed by atoms with van der Waals surface area (Å²) < 4.78 is 0. The normalized spacial score (nSPS) is 11.8. The Kier molecular flexibility index (Phi) is 3.71. The van der Waals surface area contributed by atoms with Gasteiger partial charge in [0, 0.05) is 5.56 Å². The largest absolute Gasteiger partial charge is 0.506 e. The molecule has 0 bridgehead atoms. The highest BCUT2D eigenvalue weighted by Gasteiger charge is 2.12. The molecule has 4 N–H and O–H groups in total. The van der Waals surface area contributed by atoms with Gasteiger partial charge in [0.2, 0.25) is 0 Å². The van der Waals surface area contributed by atoms with E-state index < -0.39 is 0 Å². The van der Waals surface area contributed by atoms with Crippen molar-refractivity contribution in [2.24, 2.45) is 0 Å². The second-order valence-corrected chi connectivity index (χ2v) is 4.38. The first-order chi connectivity index (χ1) is 9.08. The maximum Gasteiger partial charge on any atom is 0.251 e. The van der Waals surface area contributed by atoms with Crippen LogP contribution in [0.2, 0.25) is 0 Å². The second-order valence-electron chi connectivity index (χ2n) is 4.38. The molecule has 0 saturated carbocycles. The molecule has 0 aromatic heterocycles. The third-order valence-corrected chi connectivity index (χ3v) is 2.94. The van der Waals surface area contributed by atoms with Gasteiger partial charge < -0.3 is 16.2 Å². The number of carbonyl (C=O) groups excluding carboxylic acids is 1. The lowest BCUT2D eigenvalue weighted by molar-refractivity contribution is 0.0939. The van der Waals surface area contributed by atoms with Crippen LogP contribution in [0.25, 0.3) is 0 Å². The van der Waals surface area contributed by atoms with Crippen LogP contribution in [0.3, 0.4) is 0 Å². The summed E-state index contributed by atoms with van der Waals surface area (Å²) in [5.74, 6) is -0.327. The molecule has 19 heavy (non-hydrogen) atoms. The van der Waals surface area contributed by atoms with Gasteiger partial charge in [-0.15, -0.1) is 0 Å². The first-order valence-electron chi connectivity index (χ1n) is 6.02. The van der Waals surface area contributed by atoms with Crippen LogP contribution >= 0.6 is 0 Å². The lowest BCUT2D eigenvalue weighted by Gasteiger charge is -2.14. The van der Waals surface area contributed by atoms with E-state index in [4.69, 9.17) is 5.73 Å². The molecule has 2 aromatic carbocycles. The summed E-state index contributed by atoms with van der Waals surface area (Å²) in [6.07, 6.45) is 0. The van der Waals surface area contributed by atoms with Gasteiger partial charge in [-0.2, -0.15) is 0 Å². The molecule has 98 valence electrons. The Hall–Kier alpha value is -2.49. The van der Waals surface area contributed by atoms with E-state index in [2.05, 4.69) is 5.32 Å². The van der Waals surface area contributed by atoms with E-state index in [1.165, 1.54) is 12.1 Å². The van der Waals surface area contributed by atoms with E-state index in [9.17, 15) is 9.90 Å². The summed E-state index contributed by atoms with van der Waals surface area (Å²) in [5.41, 5.74) is 7.16. The highest BCUT2D eigenvalue weighted by Crippen LogP contribution is 2.21. The SMILES string of the molecule is C[C@H](NC(=O)c1ccc(N)c(O)c1)c1ccccc1. The van der Waals surface area contributed by atoms with Gasteiger partial charge in [-0.25, -0.2) is 0 Å². The molecule has 0 aliphatic carbocycles. The van der Waals surface area contributed by atoms with Gasteiger partial charge in [0.25, 0.3) is 5.91 Å². The number of hydrogen-bond donors (Lipinski definition) is 3. The number of rotatable bonds is 3. The van der Waals surface area contributed by atoms with E-state index in [1.807, 2.05) is 37.3 Å². The molecule has 0 spiro atoms. The Labute approximate surface area is 111 Å². The monoisotopic (exact) mass is 256 g/mol. The molecule has 0 unspecified atom stereocenters. The molecule has 0 aliphatic rings. The molecule has 4 heteroatoms. The Bertz CT molecular complexity index is 582. The van der Waals surface area contributed by atoms with Gasteiger partial charge >= 0.3 is 0 Å². The number of carbonyl (C=O) groups is 1. The maximum atomic E-state index is 12.0. The van der Waals surface area contributed by atoms with Crippen LogP contribution in [0.1, 0.15) is 28.9 Å². The van der Waals surface area contributed by atoms with Gasteiger partial charge in [0.1, 0.15) is 5.75 Å². The van der Waals surface area contributed by atoms with Crippen molar-refractivity contribution in [1.82, 2.24) is 5.32 Å². The standard InChI is InChI=1S/C15H16N2O2/c1-10(11-5-3-2-4-6-11)17-15(19)12-7-8-13(16)14(18)9-12/h2-10,18H,16H2,1H3,(H,17,19)/t10-/m0/s1. The minimum Gasteiger partial charge on any atom is -0.506 e. The first-order valence-corrected chi connectivity index (χ1v) is 6.02. The zero-order valence-electron chi connectivity index (χ0n) is 10.6. The van der Waals surface area contributed by atoms with Crippen molar-refractivity contribution in [3.8, 4) is 5.75 Å². The third kappa shape index (κ3) is 3.04. The van der Waals surface area contributed by atoms with Crippen LogP contribution in [0.15, 0.2) is 48.5 Å². The fourth-order valence-corrected chi connectivity index (χ4v) is 1.79. The Morgan fingerprint density at radius 3 is 2.53 bits per heavy atom. The van der Waals surface area contributed by atoms with Gasteiger partial charge in [-0.1, -0.05) is 30.3 Å². The molecule has 1 atom stereocenters. The molecular weight excluding hydrogens is 240 g/mol. The lowest BCUT2D eigenvalue weighted by Crippen LogP contribution is -2.26. The van der Waals surface area contributed by atoms with E-state index in [0.717, 1.165) is 5.56 Å². The number of aromatic hydroxyl groups is 1.